The number of hydrogen-bond acceptors (Lipinski definition) is 2. The van der Waals surface area contributed by atoms with E-state index in [9.17, 15) is 4.79 Å². The summed E-state index contributed by atoms with van der Waals surface area (Å²) in [7, 11) is 0. The summed E-state index contributed by atoms with van der Waals surface area (Å²) in [4.78, 5) is 10.7. The number of nitrogens with two attached hydrogens (primary N) is 1. The molecule has 0 radical (unpaired) electrons. The molecular formula is C16H17NO2. The first-order valence-corrected chi connectivity index (χ1v) is 6.25. The lowest BCUT2D eigenvalue weighted by molar-refractivity contribution is -0.138. The number of carbonyl (C=O) groups is 1. The maximum absolute atomic E-state index is 10.7. The Morgan fingerprint density at radius 1 is 0.947 bits per heavy atom. The molecule has 0 aliphatic rings. The number of carboxylic acids is 1. The van der Waals surface area contributed by atoms with Crippen LogP contribution < -0.4 is 5.73 Å². The normalized spacial score (nSPS) is 12.1. The van der Waals surface area contributed by atoms with Gasteiger partial charge in [0, 0.05) is 0 Å². The Kier molecular flexibility index (Phi) is 4.31. The molecule has 0 bridgehead atoms. The molecule has 0 amide bonds. The smallest absolute Gasteiger partial charge is 0.320 e. The summed E-state index contributed by atoms with van der Waals surface area (Å²) >= 11 is 0. The molecule has 2 rings (SSSR count). The van der Waals surface area contributed by atoms with E-state index in [1.807, 2.05) is 42.5 Å². The molecule has 0 spiro atoms. The Balaban J connectivity index is 2.01. The van der Waals surface area contributed by atoms with Crippen molar-refractivity contribution in [2.45, 2.75) is 18.9 Å². The fraction of sp³-hybridized carbons (Fsp3) is 0.188. The molecule has 0 heterocycles. The summed E-state index contributed by atoms with van der Waals surface area (Å²) in [6, 6.07) is 17.3. The zero-order chi connectivity index (χ0) is 13.7. The molecule has 0 aromatic heterocycles. The molecule has 3 N–H and O–H groups in total. The molecule has 98 valence electrons. The Morgan fingerprint density at radius 3 is 2.05 bits per heavy atom. The van der Waals surface area contributed by atoms with Gasteiger partial charge in [-0.2, -0.15) is 0 Å². The summed E-state index contributed by atoms with van der Waals surface area (Å²) in [5.41, 5.74) is 8.93. The number of rotatable bonds is 5. The monoisotopic (exact) mass is 255 g/mol. The first-order valence-electron chi connectivity index (χ1n) is 6.25. The van der Waals surface area contributed by atoms with E-state index >= 15 is 0 Å². The van der Waals surface area contributed by atoms with Gasteiger partial charge in [0.25, 0.3) is 0 Å². The third-order valence-corrected chi connectivity index (χ3v) is 3.05. The highest BCUT2D eigenvalue weighted by Gasteiger charge is 2.11. The van der Waals surface area contributed by atoms with Crippen molar-refractivity contribution in [1.82, 2.24) is 0 Å². The minimum Gasteiger partial charge on any atom is -0.480 e. The van der Waals surface area contributed by atoms with E-state index in [0.717, 1.165) is 12.0 Å². The SMILES string of the molecule is N[C@H](Cc1ccc(Cc2ccccc2)cc1)C(=O)O. The van der Waals surface area contributed by atoms with Gasteiger partial charge in [0.2, 0.25) is 0 Å². The molecule has 1 atom stereocenters. The summed E-state index contributed by atoms with van der Waals surface area (Å²) in [6.07, 6.45) is 1.24. The lowest BCUT2D eigenvalue weighted by Gasteiger charge is -2.07. The zero-order valence-electron chi connectivity index (χ0n) is 10.6. The van der Waals surface area contributed by atoms with Crippen molar-refractivity contribution in [2.75, 3.05) is 0 Å². The molecular weight excluding hydrogens is 238 g/mol. The van der Waals surface area contributed by atoms with Gasteiger partial charge in [0.05, 0.1) is 0 Å². The van der Waals surface area contributed by atoms with Crippen molar-refractivity contribution in [3.05, 3.63) is 71.3 Å². The van der Waals surface area contributed by atoms with Crippen molar-refractivity contribution in [2.24, 2.45) is 5.73 Å². The fourth-order valence-corrected chi connectivity index (χ4v) is 1.97. The first-order chi connectivity index (χ1) is 9.15. The second kappa shape index (κ2) is 6.16. The van der Waals surface area contributed by atoms with E-state index in [0.29, 0.717) is 6.42 Å². The Bertz CT molecular complexity index is 534. The quantitative estimate of drug-likeness (QED) is 0.861. The topological polar surface area (TPSA) is 63.3 Å². The van der Waals surface area contributed by atoms with Gasteiger partial charge < -0.3 is 10.8 Å². The van der Waals surface area contributed by atoms with Gasteiger partial charge in [-0.15, -0.1) is 0 Å². The maximum Gasteiger partial charge on any atom is 0.320 e. The lowest BCUT2D eigenvalue weighted by atomic mass is 10.0. The summed E-state index contributed by atoms with van der Waals surface area (Å²) < 4.78 is 0. The third-order valence-electron chi connectivity index (χ3n) is 3.05. The van der Waals surface area contributed by atoms with Crippen molar-refractivity contribution in [1.29, 1.82) is 0 Å². The van der Waals surface area contributed by atoms with Gasteiger partial charge in [-0.3, -0.25) is 4.79 Å². The van der Waals surface area contributed by atoms with Crippen LogP contribution in [0.4, 0.5) is 0 Å². The zero-order valence-corrected chi connectivity index (χ0v) is 10.6. The van der Waals surface area contributed by atoms with Crippen LogP contribution in [0.1, 0.15) is 16.7 Å². The van der Waals surface area contributed by atoms with Gasteiger partial charge in [-0.05, 0) is 29.5 Å². The van der Waals surface area contributed by atoms with Crippen LogP contribution in [0.3, 0.4) is 0 Å². The van der Waals surface area contributed by atoms with Crippen LogP contribution in [-0.2, 0) is 17.6 Å². The highest BCUT2D eigenvalue weighted by molar-refractivity contribution is 5.73. The molecule has 0 saturated heterocycles. The molecule has 0 aliphatic carbocycles. The van der Waals surface area contributed by atoms with Crippen LogP contribution in [0, 0.1) is 0 Å². The minimum absolute atomic E-state index is 0.362. The number of hydrogen-bond donors (Lipinski definition) is 2. The van der Waals surface area contributed by atoms with Crippen LogP contribution in [0.5, 0.6) is 0 Å². The molecule has 0 unspecified atom stereocenters. The van der Waals surface area contributed by atoms with E-state index in [1.165, 1.54) is 11.1 Å². The predicted octanol–water partition coefficient (Wildman–Crippen LogP) is 2.23. The summed E-state index contributed by atoms with van der Waals surface area (Å²) in [6.45, 7) is 0. The van der Waals surface area contributed by atoms with Gasteiger partial charge in [-0.1, -0.05) is 54.6 Å². The second-order valence-corrected chi connectivity index (χ2v) is 4.63. The highest BCUT2D eigenvalue weighted by atomic mass is 16.4. The summed E-state index contributed by atoms with van der Waals surface area (Å²) in [5.74, 6) is -0.964. The Morgan fingerprint density at radius 2 is 1.47 bits per heavy atom. The predicted molar refractivity (Wildman–Crippen MR) is 75.0 cm³/mol. The van der Waals surface area contributed by atoms with Crippen LogP contribution >= 0.6 is 0 Å². The third kappa shape index (κ3) is 3.93. The van der Waals surface area contributed by atoms with Crippen molar-refractivity contribution in [3.8, 4) is 0 Å². The first kappa shape index (κ1) is 13.3. The molecule has 3 heteroatoms. The largest absolute Gasteiger partial charge is 0.480 e. The van der Waals surface area contributed by atoms with E-state index < -0.39 is 12.0 Å². The van der Waals surface area contributed by atoms with E-state index in [2.05, 4.69) is 12.1 Å². The van der Waals surface area contributed by atoms with E-state index in [4.69, 9.17) is 10.8 Å². The number of aliphatic carboxylic acids is 1. The van der Waals surface area contributed by atoms with Crippen molar-refractivity contribution >= 4 is 5.97 Å². The number of carboxylic acid groups (broad SMARTS) is 1. The highest BCUT2D eigenvalue weighted by Crippen LogP contribution is 2.11. The van der Waals surface area contributed by atoms with Gasteiger partial charge in [-0.25, -0.2) is 0 Å². The van der Waals surface area contributed by atoms with Gasteiger partial charge in [0.1, 0.15) is 6.04 Å². The van der Waals surface area contributed by atoms with E-state index in [-0.39, 0.29) is 0 Å². The lowest BCUT2D eigenvalue weighted by Crippen LogP contribution is -2.32. The average Bonchev–Trinajstić information content (AvgIpc) is 2.42. The molecule has 19 heavy (non-hydrogen) atoms. The molecule has 0 aliphatic heterocycles. The van der Waals surface area contributed by atoms with Gasteiger partial charge in [0.15, 0.2) is 0 Å². The Labute approximate surface area is 112 Å². The Hall–Kier alpha value is -2.13. The second-order valence-electron chi connectivity index (χ2n) is 4.63. The minimum atomic E-state index is -0.964. The van der Waals surface area contributed by atoms with Gasteiger partial charge >= 0.3 is 5.97 Å². The molecule has 0 fully saturated rings. The standard InChI is InChI=1S/C16H17NO2/c17-15(16(18)19)11-14-8-6-13(7-9-14)10-12-4-2-1-3-5-12/h1-9,15H,10-11,17H2,(H,18,19)/t15-/m1/s1. The molecule has 2 aromatic carbocycles. The van der Waals surface area contributed by atoms with Crippen LogP contribution in [-0.4, -0.2) is 17.1 Å². The number of benzene rings is 2. The van der Waals surface area contributed by atoms with Crippen molar-refractivity contribution < 1.29 is 9.90 Å². The molecule has 3 nitrogen and oxygen atoms in total. The van der Waals surface area contributed by atoms with E-state index in [1.54, 1.807) is 0 Å². The summed E-state index contributed by atoms with van der Waals surface area (Å²) in [5, 5.41) is 8.77. The van der Waals surface area contributed by atoms with Crippen LogP contribution in [0.2, 0.25) is 0 Å². The van der Waals surface area contributed by atoms with Crippen LogP contribution in [0.25, 0.3) is 0 Å². The molecule has 0 saturated carbocycles. The van der Waals surface area contributed by atoms with Crippen molar-refractivity contribution in [3.63, 3.8) is 0 Å². The maximum atomic E-state index is 10.7. The molecule has 2 aromatic rings. The average molecular weight is 255 g/mol. The van der Waals surface area contributed by atoms with Crippen LogP contribution in [0.15, 0.2) is 54.6 Å². The fourth-order valence-electron chi connectivity index (χ4n) is 1.97.